The lowest BCUT2D eigenvalue weighted by molar-refractivity contribution is -0.136. The molecule has 2 amide bonds. The number of hydrogen-bond acceptors (Lipinski definition) is 2. The van der Waals surface area contributed by atoms with Crippen LogP contribution in [0.15, 0.2) is 24.3 Å². The Morgan fingerprint density at radius 2 is 1.89 bits per heavy atom. The molecule has 0 saturated heterocycles. The topological polar surface area (TPSA) is 69.6 Å². The fourth-order valence-electron chi connectivity index (χ4n) is 1.47. The third-order valence-corrected chi connectivity index (χ3v) is 2.65. The molecule has 1 aromatic rings. The highest BCUT2D eigenvalue weighted by Crippen LogP contribution is 2.14. The van der Waals surface area contributed by atoms with Crippen molar-refractivity contribution < 1.29 is 14.7 Å². The van der Waals surface area contributed by atoms with Crippen LogP contribution in [0.2, 0.25) is 0 Å². The van der Waals surface area contributed by atoms with Gasteiger partial charge in [0, 0.05) is 19.3 Å². The van der Waals surface area contributed by atoms with E-state index in [4.69, 9.17) is 5.11 Å². The fourth-order valence-corrected chi connectivity index (χ4v) is 1.47. The van der Waals surface area contributed by atoms with Gasteiger partial charge in [-0.05, 0) is 24.1 Å². The van der Waals surface area contributed by atoms with Gasteiger partial charge < -0.3 is 10.4 Å². The summed E-state index contributed by atoms with van der Waals surface area (Å²) in [4.78, 5) is 23.5. The second-order valence-electron chi connectivity index (χ2n) is 3.95. The minimum Gasteiger partial charge on any atom is -0.481 e. The first-order valence-electron chi connectivity index (χ1n) is 5.87. The zero-order valence-electron chi connectivity index (χ0n) is 10.6. The molecule has 0 atom stereocenters. The van der Waals surface area contributed by atoms with Gasteiger partial charge in [0.1, 0.15) is 0 Å². The molecule has 0 bridgehead atoms. The molecular formula is C13H18N2O3. The first-order chi connectivity index (χ1) is 8.54. The molecule has 0 unspecified atom stereocenters. The van der Waals surface area contributed by atoms with E-state index in [-0.39, 0.29) is 19.0 Å². The molecule has 5 heteroatoms. The number of carbonyl (C=O) groups is 2. The van der Waals surface area contributed by atoms with Gasteiger partial charge in [0.15, 0.2) is 0 Å². The summed E-state index contributed by atoms with van der Waals surface area (Å²) < 4.78 is 0. The van der Waals surface area contributed by atoms with Crippen LogP contribution in [0, 0.1) is 0 Å². The summed E-state index contributed by atoms with van der Waals surface area (Å²) in [5, 5.41) is 11.0. The molecule has 0 aliphatic rings. The maximum absolute atomic E-state index is 11.7. The van der Waals surface area contributed by atoms with E-state index in [1.54, 1.807) is 7.05 Å². The van der Waals surface area contributed by atoms with Gasteiger partial charge in [-0.1, -0.05) is 19.1 Å². The molecule has 18 heavy (non-hydrogen) atoms. The summed E-state index contributed by atoms with van der Waals surface area (Å²) in [5.74, 6) is -0.926. The number of hydrogen-bond donors (Lipinski definition) is 2. The van der Waals surface area contributed by atoms with Crippen LogP contribution in [0.5, 0.6) is 0 Å². The van der Waals surface area contributed by atoms with Crippen LogP contribution in [0.1, 0.15) is 18.9 Å². The number of urea groups is 1. The van der Waals surface area contributed by atoms with Gasteiger partial charge in [-0.3, -0.25) is 9.69 Å². The Hall–Kier alpha value is -2.04. The Labute approximate surface area is 106 Å². The average molecular weight is 250 g/mol. The third kappa shape index (κ3) is 4.08. The van der Waals surface area contributed by atoms with Gasteiger partial charge in [0.2, 0.25) is 0 Å². The number of aliphatic carboxylic acids is 1. The quantitative estimate of drug-likeness (QED) is 0.838. The first-order valence-corrected chi connectivity index (χ1v) is 5.87. The molecule has 98 valence electrons. The second kappa shape index (κ2) is 6.64. The number of rotatable bonds is 5. The molecule has 2 N–H and O–H groups in total. The maximum Gasteiger partial charge on any atom is 0.321 e. The molecule has 1 rings (SSSR count). The lowest BCUT2D eigenvalue weighted by Gasteiger charge is -2.18. The van der Waals surface area contributed by atoms with Gasteiger partial charge >= 0.3 is 12.0 Å². The van der Waals surface area contributed by atoms with Crippen molar-refractivity contribution in [2.45, 2.75) is 19.8 Å². The summed E-state index contributed by atoms with van der Waals surface area (Å²) in [5.41, 5.74) is 1.98. The number of amides is 2. The van der Waals surface area contributed by atoms with Crippen LogP contribution in [0.3, 0.4) is 0 Å². The molecule has 1 aromatic carbocycles. The standard InChI is InChI=1S/C13H18N2O3/c1-3-10-4-6-11(7-5-10)15(2)13(18)14-9-8-12(16)17/h4-7H,3,8-9H2,1-2H3,(H,14,18)(H,16,17). The number of nitrogens with zero attached hydrogens (tertiary/aromatic N) is 1. The van der Waals surface area contributed by atoms with E-state index in [1.165, 1.54) is 10.5 Å². The van der Waals surface area contributed by atoms with Crippen LogP contribution in [0.25, 0.3) is 0 Å². The second-order valence-corrected chi connectivity index (χ2v) is 3.95. The minimum absolute atomic E-state index is 0.0750. The van der Waals surface area contributed by atoms with Gasteiger partial charge in [-0.15, -0.1) is 0 Å². The fraction of sp³-hybridized carbons (Fsp3) is 0.385. The number of nitrogens with one attached hydrogen (secondary N) is 1. The Morgan fingerprint density at radius 1 is 1.28 bits per heavy atom. The van der Waals surface area contributed by atoms with Crippen molar-refractivity contribution in [1.82, 2.24) is 5.32 Å². The van der Waals surface area contributed by atoms with Gasteiger partial charge in [-0.2, -0.15) is 0 Å². The van der Waals surface area contributed by atoms with Gasteiger partial charge in [0.25, 0.3) is 0 Å². The molecule has 0 radical (unpaired) electrons. The van der Waals surface area contributed by atoms with E-state index in [2.05, 4.69) is 12.2 Å². The van der Waals surface area contributed by atoms with Crippen molar-refractivity contribution in [3.8, 4) is 0 Å². The molecule has 0 aliphatic carbocycles. The van der Waals surface area contributed by atoms with Gasteiger partial charge in [-0.25, -0.2) is 4.79 Å². The molecule has 5 nitrogen and oxygen atoms in total. The van der Waals surface area contributed by atoms with Crippen molar-refractivity contribution in [3.63, 3.8) is 0 Å². The van der Waals surface area contributed by atoms with Crippen molar-refractivity contribution in [2.24, 2.45) is 0 Å². The predicted molar refractivity (Wildman–Crippen MR) is 69.9 cm³/mol. The van der Waals surface area contributed by atoms with Crippen molar-refractivity contribution >= 4 is 17.7 Å². The lowest BCUT2D eigenvalue weighted by Crippen LogP contribution is -2.38. The van der Waals surface area contributed by atoms with Crippen LogP contribution < -0.4 is 10.2 Å². The number of carboxylic acids is 1. The van der Waals surface area contributed by atoms with E-state index >= 15 is 0 Å². The Morgan fingerprint density at radius 3 is 2.39 bits per heavy atom. The summed E-state index contributed by atoms with van der Waals surface area (Å²) in [6, 6.07) is 7.37. The maximum atomic E-state index is 11.7. The Bertz CT molecular complexity index is 415. The first kappa shape index (κ1) is 14.0. The zero-order valence-corrected chi connectivity index (χ0v) is 10.6. The summed E-state index contributed by atoms with van der Waals surface area (Å²) in [6.45, 7) is 2.20. The molecule has 0 fully saturated rings. The van der Waals surface area contributed by atoms with E-state index in [0.29, 0.717) is 0 Å². The Kier molecular flexibility index (Phi) is 5.17. The van der Waals surface area contributed by atoms with E-state index in [1.807, 2.05) is 24.3 Å². The monoisotopic (exact) mass is 250 g/mol. The normalized spacial score (nSPS) is 9.89. The minimum atomic E-state index is -0.926. The summed E-state index contributed by atoms with van der Waals surface area (Å²) in [7, 11) is 1.65. The van der Waals surface area contributed by atoms with Crippen molar-refractivity contribution in [1.29, 1.82) is 0 Å². The van der Waals surface area contributed by atoms with E-state index < -0.39 is 5.97 Å². The molecular weight excluding hydrogens is 232 g/mol. The smallest absolute Gasteiger partial charge is 0.321 e. The van der Waals surface area contributed by atoms with Crippen LogP contribution in [-0.4, -0.2) is 30.7 Å². The Balaban J connectivity index is 2.54. The molecule has 0 spiro atoms. The molecule has 0 aromatic heterocycles. The van der Waals surface area contributed by atoms with Crippen molar-refractivity contribution in [2.75, 3.05) is 18.5 Å². The number of aryl methyl sites for hydroxylation is 1. The molecule has 0 heterocycles. The highest BCUT2D eigenvalue weighted by atomic mass is 16.4. The zero-order chi connectivity index (χ0) is 13.5. The SMILES string of the molecule is CCc1ccc(N(C)C(=O)NCCC(=O)O)cc1. The number of carbonyl (C=O) groups excluding carboxylic acids is 1. The largest absolute Gasteiger partial charge is 0.481 e. The number of carboxylic acid groups (broad SMARTS) is 1. The third-order valence-electron chi connectivity index (χ3n) is 2.65. The molecule has 0 saturated carbocycles. The van der Waals surface area contributed by atoms with Crippen LogP contribution in [-0.2, 0) is 11.2 Å². The number of benzene rings is 1. The summed E-state index contributed by atoms with van der Waals surface area (Å²) in [6.07, 6.45) is 0.878. The van der Waals surface area contributed by atoms with Crippen LogP contribution in [0.4, 0.5) is 10.5 Å². The van der Waals surface area contributed by atoms with E-state index in [0.717, 1.165) is 12.1 Å². The predicted octanol–water partition coefficient (Wildman–Crippen LogP) is 1.87. The summed E-state index contributed by atoms with van der Waals surface area (Å²) >= 11 is 0. The van der Waals surface area contributed by atoms with Crippen molar-refractivity contribution in [3.05, 3.63) is 29.8 Å². The highest BCUT2D eigenvalue weighted by Gasteiger charge is 2.10. The van der Waals surface area contributed by atoms with Crippen LogP contribution >= 0.6 is 0 Å². The number of anilines is 1. The average Bonchev–Trinajstić information content (AvgIpc) is 2.37. The highest BCUT2D eigenvalue weighted by molar-refractivity contribution is 5.91. The van der Waals surface area contributed by atoms with Gasteiger partial charge in [0.05, 0.1) is 6.42 Å². The van der Waals surface area contributed by atoms with E-state index in [9.17, 15) is 9.59 Å². The lowest BCUT2D eigenvalue weighted by atomic mass is 10.1. The molecule has 0 aliphatic heterocycles.